The Morgan fingerprint density at radius 3 is 2.25 bits per heavy atom. The average Bonchev–Trinajstić information content (AvgIpc) is 2.53. The van der Waals surface area contributed by atoms with Crippen molar-refractivity contribution in [2.75, 3.05) is 14.2 Å². The third kappa shape index (κ3) is 2.19. The minimum atomic E-state index is -0.350. The van der Waals surface area contributed by atoms with Gasteiger partial charge in [0.1, 0.15) is 5.75 Å². The molecule has 0 aliphatic carbocycles. The van der Waals surface area contributed by atoms with Crippen molar-refractivity contribution in [1.29, 1.82) is 0 Å². The van der Waals surface area contributed by atoms with Gasteiger partial charge in [0.05, 0.1) is 12.0 Å². The fourth-order valence-corrected chi connectivity index (χ4v) is 2.83. The molecule has 3 heteroatoms. The van der Waals surface area contributed by atoms with E-state index in [0.717, 1.165) is 16.9 Å². The zero-order valence-corrected chi connectivity index (χ0v) is 11.7. The van der Waals surface area contributed by atoms with Crippen molar-refractivity contribution in [3.8, 4) is 5.75 Å². The average molecular weight is 270 g/mol. The predicted octanol–water partition coefficient (Wildman–Crippen LogP) is 3.52. The maximum atomic E-state index is 5.98. The standard InChI is InChI=1S/C17H18O3/c1-18-16-13-10-6-7-11-14(13)20-17(19-2)15(16)12-8-4-3-5-9-12/h3-11,15-17H,1-2H3. The molecular weight excluding hydrogens is 252 g/mol. The molecule has 2 aromatic carbocycles. The van der Waals surface area contributed by atoms with E-state index in [4.69, 9.17) is 14.2 Å². The Morgan fingerprint density at radius 2 is 1.55 bits per heavy atom. The zero-order valence-electron chi connectivity index (χ0n) is 11.7. The van der Waals surface area contributed by atoms with Crippen LogP contribution in [-0.2, 0) is 9.47 Å². The summed E-state index contributed by atoms with van der Waals surface area (Å²) < 4.78 is 17.3. The molecule has 3 rings (SSSR count). The Morgan fingerprint density at radius 1 is 0.850 bits per heavy atom. The summed E-state index contributed by atoms with van der Waals surface area (Å²) in [6.45, 7) is 0. The van der Waals surface area contributed by atoms with E-state index in [-0.39, 0.29) is 18.3 Å². The van der Waals surface area contributed by atoms with Gasteiger partial charge in [0.25, 0.3) is 0 Å². The summed E-state index contributed by atoms with van der Waals surface area (Å²) in [4.78, 5) is 0. The van der Waals surface area contributed by atoms with Crippen molar-refractivity contribution in [2.24, 2.45) is 0 Å². The van der Waals surface area contributed by atoms with Crippen LogP contribution in [0.1, 0.15) is 23.1 Å². The molecule has 0 radical (unpaired) electrons. The van der Waals surface area contributed by atoms with Crippen LogP contribution in [0.2, 0.25) is 0 Å². The molecule has 20 heavy (non-hydrogen) atoms. The van der Waals surface area contributed by atoms with E-state index in [2.05, 4.69) is 12.1 Å². The SMILES string of the molecule is COC1Oc2ccccc2C(OC)C1c1ccccc1. The van der Waals surface area contributed by atoms with E-state index in [1.54, 1.807) is 14.2 Å². The lowest BCUT2D eigenvalue weighted by Gasteiger charge is -2.38. The number of rotatable bonds is 3. The lowest BCUT2D eigenvalue weighted by atomic mass is 9.86. The van der Waals surface area contributed by atoms with E-state index in [1.807, 2.05) is 42.5 Å². The van der Waals surface area contributed by atoms with E-state index >= 15 is 0 Å². The summed E-state index contributed by atoms with van der Waals surface area (Å²) in [5, 5.41) is 0. The zero-order chi connectivity index (χ0) is 13.9. The monoisotopic (exact) mass is 270 g/mol. The summed E-state index contributed by atoms with van der Waals surface area (Å²) in [6.07, 6.45) is -0.426. The Hall–Kier alpha value is -1.84. The highest BCUT2D eigenvalue weighted by Crippen LogP contribution is 2.45. The topological polar surface area (TPSA) is 27.7 Å². The van der Waals surface area contributed by atoms with Crippen LogP contribution in [0.3, 0.4) is 0 Å². The van der Waals surface area contributed by atoms with Gasteiger partial charge in [-0.2, -0.15) is 0 Å². The molecule has 104 valence electrons. The van der Waals surface area contributed by atoms with Gasteiger partial charge in [-0.25, -0.2) is 0 Å². The third-order valence-electron chi connectivity index (χ3n) is 3.76. The molecule has 0 N–H and O–H groups in total. The molecule has 1 aliphatic rings. The van der Waals surface area contributed by atoms with Crippen LogP contribution in [-0.4, -0.2) is 20.5 Å². The molecular formula is C17H18O3. The first kappa shape index (κ1) is 13.2. The second-order valence-electron chi connectivity index (χ2n) is 4.85. The normalized spacial score (nSPS) is 24.8. The van der Waals surface area contributed by atoms with Crippen molar-refractivity contribution in [3.63, 3.8) is 0 Å². The van der Waals surface area contributed by atoms with Crippen LogP contribution in [0, 0.1) is 0 Å². The fourth-order valence-electron chi connectivity index (χ4n) is 2.83. The molecule has 3 atom stereocenters. The summed E-state index contributed by atoms with van der Waals surface area (Å²) in [6, 6.07) is 18.2. The van der Waals surface area contributed by atoms with Crippen LogP contribution in [0.15, 0.2) is 54.6 Å². The molecule has 0 saturated carbocycles. The number of hydrogen-bond acceptors (Lipinski definition) is 3. The number of ether oxygens (including phenoxy) is 3. The molecule has 0 amide bonds. The fraction of sp³-hybridized carbons (Fsp3) is 0.294. The minimum Gasteiger partial charge on any atom is -0.464 e. The Bertz CT molecular complexity index is 567. The predicted molar refractivity (Wildman–Crippen MR) is 76.8 cm³/mol. The summed E-state index contributed by atoms with van der Waals surface area (Å²) in [5.41, 5.74) is 2.22. The lowest BCUT2D eigenvalue weighted by molar-refractivity contribution is -0.119. The molecule has 0 aromatic heterocycles. The molecule has 3 unspecified atom stereocenters. The van der Waals surface area contributed by atoms with E-state index in [9.17, 15) is 0 Å². The molecule has 0 bridgehead atoms. The number of hydrogen-bond donors (Lipinski definition) is 0. The highest BCUT2D eigenvalue weighted by molar-refractivity contribution is 5.40. The van der Waals surface area contributed by atoms with Gasteiger partial charge in [-0.1, -0.05) is 48.5 Å². The van der Waals surface area contributed by atoms with Gasteiger partial charge in [0.15, 0.2) is 0 Å². The van der Waals surface area contributed by atoms with Gasteiger partial charge in [-0.15, -0.1) is 0 Å². The molecule has 0 spiro atoms. The van der Waals surface area contributed by atoms with Gasteiger partial charge in [0, 0.05) is 19.8 Å². The van der Waals surface area contributed by atoms with Crippen LogP contribution in [0.5, 0.6) is 5.75 Å². The van der Waals surface area contributed by atoms with Crippen LogP contribution < -0.4 is 4.74 Å². The molecule has 0 fully saturated rings. The second kappa shape index (κ2) is 5.65. The molecule has 2 aromatic rings. The second-order valence-corrected chi connectivity index (χ2v) is 4.85. The van der Waals surface area contributed by atoms with Gasteiger partial charge in [-0.3, -0.25) is 0 Å². The van der Waals surface area contributed by atoms with E-state index in [0.29, 0.717) is 0 Å². The minimum absolute atomic E-state index is 0.0149. The molecule has 3 nitrogen and oxygen atoms in total. The first-order chi connectivity index (χ1) is 9.85. The number of methoxy groups -OCH3 is 2. The first-order valence-corrected chi connectivity index (χ1v) is 6.71. The van der Waals surface area contributed by atoms with E-state index < -0.39 is 0 Å². The Kier molecular flexibility index (Phi) is 3.72. The molecule has 0 saturated heterocycles. The quantitative estimate of drug-likeness (QED) is 0.854. The summed E-state index contributed by atoms with van der Waals surface area (Å²) >= 11 is 0. The van der Waals surface area contributed by atoms with E-state index in [1.165, 1.54) is 0 Å². The number of fused-ring (bicyclic) bond motifs is 1. The largest absolute Gasteiger partial charge is 0.464 e. The van der Waals surface area contributed by atoms with Gasteiger partial charge in [0.2, 0.25) is 6.29 Å². The maximum Gasteiger partial charge on any atom is 0.209 e. The molecule has 1 aliphatic heterocycles. The van der Waals surface area contributed by atoms with Crippen molar-refractivity contribution < 1.29 is 14.2 Å². The summed E-state index contributed by atoms with van der Waals surface area (Å²) in [5.74, 6) is 0.847. The maximum absolute atomic E-state index is 5.98. The Labute approximate surface area is 119 Å². The van der Waals surface area contributed by atoms with Crippen molar-refractivity contribution in [1.82, 2.24) is 0 Å². The van der Waals surface area contributed by atoms with Gasteiger partial charge >= 0.3 is 0 Å². The van der Waals surface area contributed by atoms with Gasteiger partial charge in [-0.05, 0) is 11.6 Å². The number of benzene rings is 2. The van der Waals surface area contributed by atoms with Crippen LogP contribution >= 0.6 is 0 Å². The Balaban J connectivity index is 2.07. The lowest BCUT2D eigenvalue weighted by Crippen LogP contribution is -2.36. The third-order valence-corrected chi connectivity index (χ3v) is 3.76. The highest BCUT2D eigenvalue weighted by atomic mass is 16.7. The van der Waals surface area contributed by atoms with Crippen LogP contribution in [0.25, 0.3) is 0 Å². The van der Waals surface area contributed by atoms with Crippen molar-refractivity contribution in [3.05, 3.63) is 65.7 Å². The smallest absolute Gasteiger partial charge is 0.209 e. The van der Waals surface area contributed by atoms with Crippen LogP contribution in [0.4, 0.5) is 0 Å². The number of para-hydroxylation sites is 1. The molecule has 1 heterocycles. The summed E-state index contributed by atoms with van der Waals surface area (Å²) in [7, 11) is 3.40. The van der Waals surface area contributed by atoms with Crippen molar-refractivity contribution in [2.45, 2.75) is 18.3 Å². The van der Waals surface area contributed by atoms with Crippen molar-refractivity contribution >= 4 is 0 Å². The van der Waals surface area contributed by atoms with Gasteiger partial charge < -0.3 is 14.2 Å². The highest BCUT2D eigenvalue weighted by Gasteiger charge is 2.39. The first-order valence-electron chi connectivity index (χ1n) is 6.71.